The number of halogens is 1. The van der Waals surface area contributed by atoms with Gasteiger partial charge in [-0.3, -0.25) is 9.59 Å². The summed E-state index contributed by atoms with van der Waals surface area (Å²) < 4.78 is 1.93. The summed E-state index contributed by atoms with van der Waals surface area (Å²) in [5.41, 5.74) is 2.39. The van der Waals surface area contributed by atoms with Gasteiger partial charge in [-0.1, -0.05) is 23.7 Å². The molecule has 1 atom stereocenters. The molecule has 0 bridgehead atoms. The minimum Gasteiger partial charge on any atom is -0.347 e. The Balaban J connectivity index is 1.20. The fraction of sp³-hybridized carbons (Fsp3) is 0.208. The number of rotatable bonds is 5. The highest BCUT2D eigenvalue weighted by Gasteiger charge is 2.30. The molecule has 0 radical (unpaired) electrons. The van der Waals surface area contributed by atoms with E-state index < -0.39 is 0 Å². The highest BCUT2D eigenvalue weighted by molar-refractivity contribution is 7.14. The number of imidazole rings is 1. The predicted octanol–water partition coefficient (Wildman–Crippen LogP) is 4.61. The molecule has 1 N–H and O–H groups in total. The number of aromatic nitrogens is 2. The molecular weight excluding hydrogens is 444 g/mol. The van der Waals surface area contributed by atoms with Crippen LogP contribution in [-0.2, 0) is 6.54 Å². The second-order valence-corrected chi connectivity index (χ2v) is 9.35. The molecule has 0 spiro atoms. The standard InChI is InChI=1S/C24H21ClN4O2S/c25-19-4-2-1-3-18(19)24(31)29-11-8-17(15-29)20-5-6-21(32-20)23(30)27-14-16-7-10-28-12-9-26-22(28)13-16/h1-7,9-10,12-13,17H,8,11,14-15H2,(H,27,30). The summed E-state index contributed by atoms with van der Waals surface area (Å²) in [7, 11) is 0. The van der Waals surface area contributed by atoms with Crippen molar-refractivity contribution in [1.82, 2.24) is 19.6 Å². The number of thiophene rings is 1. The molecule has 162 valence electrons. The first-order valence-electron chi connectivity index (χ1n) is 10.4. The van der Waals surface area contributed by atoms with E-state index in [0.717, 1.165) is 22.5 Å². The Morgan fingerprint density at radius 3 is 2.91 bits per heavy atom. The van der Waals surface area contributed by atoms with Crippen molar-refractivity contribution in [1.29, 1.82) is 0 Å². The van der Waals surface area contributed by atoms with Crippen molar-refractivity contribution in [3.63, 3.8) is 0 Å². The average molecular weight is 465 g/mol. The van der Waals surface area contributed by atoms with Crippen molar-refractivity contribution in [2.75, 3.05) is 13.1 Å². The summed E-state index contributed by atoms with van der Waals surface area (Å²) >= 11 is 7.69. The van der Waals surface area contributed by atoms with Crippen LogP contribution in [0, 0.1) is 0 Å². The predicted molar refractivity (Wildman–Crippen MR) is 125 cm³/mol. The summed E-state index contributed by atoms with van der Waals surface area (Å²) in [6, 6.07) is 14.9. The number of carbonyl (C=O) groups excluding carboxylic acids is 2. The zero-order valence-corrected chi connectivity index (χ0v) is 18.8. The van der Waals surface area contributed by atoms with Gasteiger partial charge in [0.25, 0.3) is 11.8 Å². The Labute approximate surface area is 194 Å². The van der Waals surface area contributed by atoms with Gasteiger partial charge < -0.3 is 14.6 Å². The molecule has 2 amide bonds. The molecule has 5 rings (SSSR count). The molecule has 1 aromatic carbocycles. The Hall–Kier alpha value is -3.16. The lowest BCUT2D eigenvalue weighted by Gasteiger charge is -2.17. The summed E-state index contributed by atoms with van der Waals surface area (Å²) in [5, 5.41) is 3.46. The molecule has 1 aliphatic heterocycles. The minimum absolute atomic E-state index is 0.0398. The highest BCUT2D eigenvalue weighted by atomic mass is 35.5. The second kappa shape index (κ2) is 8.76. The van der Waals surface area contributed by atoms with Gasteiger partial charge in [-0.15, -0.1) is 11.3 Å². The van der Waals surface area contributed by atoms with Gasteiger partial charge in [0.05, 0.1) is 15.5 Å². The molecule has 4 aromatic rings. The molecule has 0 saturated carbocycles. The maximum absolute atomic E-state index is 12.8. The first-order chi connectivity index (χ1) is 15.6. The van der Waals surface area contributed by atoms with Gasteiger partial charge in [0.15, 0.2) is 0 Å². The van der Waals surface area contributed by atoms with Gasteiger partial charge in [-0.2, -0.15) is 0 Å². The molecule has 1 aliphatic rings. The van der Waals surface area contributed by atoms with Crippen molar-refractivity contribution >= 4 is 40.4 Å². The number of nitrogens with one attached hydrogen (secondary N) is 1. The van der Waals surface area contributed by atoms with Crippen LogP contribution >= 0.6 is 22.9 Å². The fourth-order valence-corrected chi connectivity index (χ4v) is 5.27. The van der Waals surface area contributed by atoms with Crippen molar-refractivity contribution in [2.45, 2.75) is 18.9 Å². The Morgan fingerprint density at radius 2 is 2.03 bits per heavy atom. The molecule has 1 fully saturated rings. The normalized spacial score (nSPS) is 15.9. The molecule has 4 heterocycles. The minimum atomic E-state index is -0.0912. The fourth-order valence-electron chi connectivity index (χ4n) is 4.01. The van der Waals surface area contributed by atoms with Gasteiger partial charge >= 0.3 is 0 Å². The first kappa shape index (κ1) is 20.7. The van der Waals surface area contributed by atoms with E-state index in [-0.39, 0.29) is 17.7 Å². The molecule has 0 aliphatic carbocycles. The Morgan fingerprint density at radius 1 is 1.16 bits per heavy atom. The van der Waals surface area contributed by atoms with Gasteiger partial charge in [0, 0.05) is 49.0 Å². The van der Waals surface area contributed by atoms with E-state index in [4.69, 9.17) is 11.6 Å². The number of pyridine rings is 1. The van der Waals surface area contributed by atoms with Gasteiger partial charge in [0.1, 0.15) is 5.65 Å². The smallest absolute Gasteiger partial charge is 0.261 e. The first-order valence-corrected chi connectivity index (χ1v) is 11.6. The SMILES string of the molecule is O=C(NCc1ccn2ccnc2c1)c1ccc(C2CCN(C(=O)c3ccccc3Cl)C2)s1. The third-order valence-corrected chi connectivity index (χ3v) is 7.32. The number of fused-ring (bicyclic) bond motifs is 1. The summed E-state index contributed by atoms with van der Waals surface area (Å²) in [6.07, 6.45) is 6.44. The lowest BCUT2D eigenvalue weighted by molar-refractivity contribution is 0.0790. The van der Waals surface area contributed by atoms with Crippen LogP contribution < -0.4 is 5.32 Å². The number of carbonyl (C=O) groups is 2. The number of likely N-dealkylation sites (tertiary alicyclic amines) is 1. The monoisotopic (exact) mass is 464 g/mol. The van der Waals surface area contributed by atoms with Crippen LogP contribution in [0.4, 0.5) is 0 Å². The van der Waals surface area contributed by atoms with Crippen LogP contribution in [0.3, 0.4) is 0 Å². The van der Waals surface area contributed by atoms with Crippen LogP contribution in [0.5, 0.6) is 0 Å². The summed E-state index contributed by atoms with van der Waals surface area (Å²) in [4.78, 5) is 33.4. The van der Waals surface area contributed by atoms with E-state index in [1.807, 2.05) is 58.1 Å². The Kier molecular flexibility index (Phi) is 5.68. The molecule has 8 heteroatoms. The molecule has 1 saturated heterocycles. The molecule has 1 unspecified atom stereocenters. The lowest BCUT2D eigenvalue weighted by atomic mass is 10.1. The number of benzene rings is 1. The van der Waals surface area contributed by atoms with E-state index >= 15 is 0 Å². The summed E-state index contributed by atoms with van der Waals surface area (Å²) in [5.74, 6) is 0.101. The zero-order valence-electron chi connectivity index (χ0n) is 17.2. The van der Waals surface area contributed by atoms with E-state index in [2.05, 4.69) is 10.3 Å². The van der Waals surface area contributed by atoms with E-state index in [1.54, 1.807) is 18.3 Å². The van der Waals surface area contributed by atoms with Crippen LogP contribution in [0.2, 0.25) is 5.02 Å². The molecule has 3 aromatic heterocycles. The van der Waals surface area contributed by atoms with Gasteiger partial charge in [0.2, 0.25) is 0 Å². The third-order valence-electron chi connectivity index (χ3n) is 5.75. The number of amides is 2. The van der Waals surface area contributed by atoms with Gasteiger partial charge in [-0.25, -0.2) is 4.98 Å². The zero-order chi connectivity index (χ0) is 22.1. The lowest BCUT2D eigenvalue weighted by Crippen LogP contribution is -2.28. The topological polar surface area (TPSA) is 66.7 Å². The van der Waals surface area contributed by atoms with E-state index in [1.165, 1.54) is 11.3 Å². The highest BCUT2D eigenvalue weighted by Crippen LogP contribution is 2.33. The maximum atomic E-state index is 12.8. The van der Waals surface area contributed by atoms with Crippen molar-refractivity contribution in [2.24, 2.45) is 0 Å². The average Bonchev–Trinajstić information content (AvgIpc) is 3.57. The van der Waals surface area contributed by atoms with Crippen LogP contribution in [-0.4, -0.2) is 39.2 Å². The number of hydrogen-bond donors (Lipinski definition) is 1. The second-order valence-electron chi connectivity index (χ2n) is 7.83. The van der Waals surface area contributed by atoms with Crippen molar-refractivity contribution in [3.05, 3.63) is 93.0 Å². The van der Waals surface area contributed by atoms with Crippen LogP contribution in [0.1, 0.15) is 42.8 Å². The number of hydrogen-bond acceptors (Lipinski definition) is 4. The maximum Gasteiger partial charge on any atom is 0.261 e. The molecule has 32 heavy (non-hydrogen) atoms. The van der Waals surface area contributed by atoms with Gasteiger partial charge in [-0.05, 0) is 48.4 Å². The largest absolute Gasteiger partial charge is 0.347 e. The van der Waals surface area contributed by atoms with Crippen molar-refractivity contribution < 1.29 is 9.59 Å². The quantitative estimate of drug-likeness (QED) is 0.469. The van der Waals surface area contributed by atoms with Crippen LogP contribution in [0.15, 0.2) is 67.1 Å². The number of nitrogens with zero attached hydrogens (tertiary/aromatic N) is 3. The van der Waals surface area contributed by atoms with E-state index in [9.17, 15) is 9.59 Å². The molecule has 6 nitrogen and oxygen atoms in total. The van der Waals surface area contributed by atoms with Crippen molar-refractivity contribution in [3.8, 4) is 0 Å². The Bertz CT molecular complexity index is 1300. The third kappa shape index (κ3) is 4.13. The summed E-state index contributed by atoms with van der Waals surface area (Å²) in [6.45, 7) is 1.76. The molecular formula is C24H21ClN4O2S. The van der Waals surface area contributed by atoms with Crippen LogP contribution in [0.25, 0.3) is 5.65 Å². The van der Waals surface area contributed by atoms with E-state index in [0.29, 0.717) is 35.1 Å².